The summed E-state index contributed by atoms with van der Waals surface area (Å²) in [5.41, 5.74) is 1.63. The average Bonchev–Trinajstić information content (AvgIpc) is 3.49. The van der Waals surface area contributed by atoms with Gasteiger partial charge in [-0.15, -0.1) is 21.5 Å². The maximum Gasteiger partial charge on any atom is 0.451 e. The molecule has 1 aliphatic heterocycles. The molecule has 12 heteroatoms. The lowest BCUT2D eigenvalue weighted by Gasteiger charge is -2.29. The summed E-state index contributed by atoms with van der Waals surface area (Å²) in [6.07, 6.45) is -1.77. The molecule has 8 nitrogen and oxygen atoms in total. The van der Waals surface area contributed by atoms with E-state index in [2.05, 4.69) is 33.4 Å². The summed E-state index contributed by atoms with van der Waals surface area (Å²) < 4.78 is 40.8. The Balaban J connectivity index is 1.58. The van der Waals surface area contributed by atoms with E-state index in [1.807, 2.05) is 17.9 Å². The maximum atomic E-state index is 13.2. The van der Waals surface area contributed by atoms with Crippen LogP contribution < -0.4 is 4.90 Å². The van der Waals surface area contributed by atoms with Crippen LogP contribution in [0.15, 0.2) is 12.1 Å². The van der Waals surface area contributed by atoms with Gasteiger partial charge in [0.2, 0.25) is 5.82 Å². The van der Waals surface area contributed by atoms with Crippen LogP contribution in [0.2, 0.25) is 0 Å². The third-order valence-corrected chi connectivity index (χ3v) is 6.56. The molecular weight excluding hydrogens is 441 g/mol. The van der Waals surface area contributed by atoms with E-state index in [1.165, 1.54) is 4.88 Å². The number of hydrogen-bond donors (Lipinski definition) is 1. The summed E-state index contributed by atoms with van der Waals surface area (Å²) in [6, 6.07) is 4.01. The van der Waals surface area contributed by atoms with Gasteiger partial charge in [0.25, 0.3) is 0 Å². The summed E-state index contributed by atoms with van der Waals surface area (Å²) in [5.74, 6) is 0.503. The van der Waals surface area contributed by atoms with Crippen molar-refractivity contribution in [1.82, 2.24) is 34.9 Å². The fourth-order valence-electron chi connectivity index (χ4n) is 3.89. The topological polar surface area (TPSA) is 88.4 Å². The molecule has 0 aromatic carbocycles. The average molecular weight is 463 g/mol. The van der Waals surface area contributed by atoms with E-state index >= 15 is 0 Å². The van der Waals surface area contributed by atoms with Crippen LogP contribution in [0.25, 0.3) is 21.7 Å². The lowest BCUT2D eigenvalue weighted by Crippen LogP contribution is -2.36. The number of rotatable bonds is 5. The normalized spacial score (nSPS) is 14.3. The van der Waals surface area contributed by atoms with E-state index in [1.54, 1.807) is 11.3 Å². The van der Waals surface area contributed by atoms with Gasteiger partial charge in [-0.3, -0.25) is 5.10 Å². The van der Waals surface area contributed by atoms with Crippen molar-refractivity contribution in [2.45, 2.75) is 52.4 Å². The molecule has 1 aliphatic rings. The maximum absolute atomic E-state index is 13.2. The minimum Gasteiger partial charge on any atom is -0.347 e. The van der Waals surface area contributed by atoms with Crippen LogP contribution in [0, 0.1) is 0 Å². The van der Waals surface area contributed by atoms with Crippen molar-refractivity contribution in [1.29, 1.82) is 0 Å². The first kappa shape index (κ1) is 20.9. The highest BCUT2D eigenvalue weighted by atomic mass is 32.1. The summed E-state index contributed by atoms with van der Waals surface area (Å²) in [5, 5.41) is 15.4. The number of anilines is 1. The lowest BCUT2D eigenvalue weighted by molar-refractivity contribution is -0.147. The molecule has 0 unspecified atom stereocenters. The third-order valence-electron chi connectivity index (χ3n) is 5.47. The van der Waals surface area contributed by atoms with Crippen molar-refractivity contribution >= 4 is 27.4 Å². The smallest absolute Gasteiger partial charge is 0.347 e. The summed E-state index contributed by atoms with van der Waals surface area (Å²) in [6.45, 7) is 4.83. The minimum absolute atomic E-state index is 0.131. The summed E-state index contributed by atoms with van der Waals surface area (Å²) in [4.78, 5) is 13.5. The lowest BCUT2D eigenvalue weighted by atomic mass is 10.2. The van der Waals surface area contributed by atoms with E-state index in [-0.39, 0.29) is 18.9 Å². The number of alkyl halides is 3. The van der Waals surface area contributed by atoms with Crippen LogP contribution in [0.1, 0.15) is 42.5 Å². The quantitative estimate of drug-likeness (QED) is 0.478. The minimum atomic E-state index is -4.53. The second-order valence-corrected chi connectivity index (χ2v) is 8.81. The van der Waals surface area contributed by atoms with Gasteiger partial charge in [0.15, 0.2) is 11.6 Å². The van der Waals surface area contributed by atoms with E-state index in [0.717, 1.165) is 39.7 Å². The molecule has 0 bridgehead atoms. The van der Waals surface area contributed by atoms with Crippen molar-refractivity contribution in [3.63, 3.8) is 0 Å². The molecule has 5 heterocycles. The first-order chi connectivity index (χ1) is 15.4. The number of halogens is 3. The zero-order valence-electron chi connectivity index (χ0n) is 17.6. The molecule has 32 heavy (non-hydrogen) atoms. The first-order valence-corrected chi connectivity index (χ1v) is 11.3. The van der Waals surface area contributed by atoms with Gasteiger partial charge in [-0.05, 0) is 25.0 Å². The molecule has 1 N–H and O–H groups in total. The summed E-state index contributed by atoms with van der Waals surface area (Å²) in [7, 11) is 0. The highest BCUT2D eigenvalue weighted by Gasteiger charge is 2.39. The Morgan fingerprint density at radius 3 is 2.69 bits per heavy atom. The van der Waals surface area contributed by atoms with E-state index in [0.29, 0.717) is 23.9 Å². The third kappa shape index (κ3) is 3.61. The zero-order chi connectivity index (χ0) is 22.5. The number of nitrogens with one attached hydrogen (secondary N) is 1. The van der Waals surface area contributed by atoms with Crippen LogP contribution in [0.5, 0.6) is 0 Å². The fourth-order valence-corrected chi connectivity index (χ4v) is 5.01. The van der Waals surface area contributed by atoms with Gasteiger partial charge in [-0.2, -0.15) is 18.3 Å². The number of H-pyrrole nitrogens is 1. The largest absolute Gasteiger partial charge is 0.451 e. The molecule has 0 saturated heterocycles. The van der Waals surface area contributed by atoms with Crippen molar-refractivity contribution in [3.05, 3.63) is 34.4 Å². The predicted octanol–water partition coefficient (Wildman–Crippen LogP) is 4.23. The van der Waals surface area contributed by atoms with Crippen LogP contribution in [0.4, 0.5) is 19.0 Å². The molecule has 0 amide bonds. The Hall–Kier alpha value is -3.02. The van der Waals surface area contributed by atoms with E-state index in [9.17, 15) is 13.2 Å². The predicted molar refractivity (Wildman–Crippen MR) is 114 cm³/mol. The number of aromatic amines is 1. The number of fused-ring (bicyclic) bond motifs is 2. The SMILES string of the molecule is CCCc1cc2c(N3CCn4c(nnc4C(F)(F)F)C3)nc(-c3cc(CC)[nH]n3)nc2s1. The molecule has 0 radical (unpaired) electrons. The Bertz CT molecular complexity index is 1270. The Kier molecular flexibility index (Phi) is 5.11. The standard InChI is InChI=1S/C20H21F3N8S/c1-3-5-12-9-13-17(24-16(25-18(13)32-12)14-8-11(4-2)26-27-14)30-6-7-31-15(10-30)28-29-19(31)20(21,22)23/h8-9H,3-7,10H2,1-2H3,(H,26,27). The highest BCUT2D eigenvalue weighted by Crippen LogP contribution is 2.36. The number of aryl methyl sites for hydroxylation is 2. The molecule has 0 saturated carbocycles. The highest BCUT2D eigenvalue weighted by molar-refractivity contribution is 7.18. The van der Waals surface area contributed by atoms with Crippen molar-refractivity contribution in [2.24, 2.45) is 0 Å². The van der Waals surface area contributed by atoms with Crippen LogP contribution in [-0.2, 0) is 32.1 Å². The zero-order valence-corrected chi connectivity index (χ0v) is 18.4. The summed E-state index contributed by atoms with van der Waals surface area (Å²) >= 11 is 1.62. The Morgan fingerprint density at radius 2 is 1.97 bits per heavy atom. The van der Waals surface area contributed by atoms with Crippen LogP contribution in [0.3, 0.4) is 0 Å². The molecule has 4 aromatic heterocycles. The molecular formula is C20H21F3N8S. The van der Waals surface area contributed by atoms with Crippen molar-refractivity contribution in [3.8, 4) is 11.5 Å². The van der Waals surface area contributed by atoms with Gasteiger partial charge in [-0.1, -0.05) is 20.3 Å². The van der Waals surface area contributed by atoms with Crippen LogP contribution >= 0.6 is 11.3 Å². The van der Waals surface area contributed by atoms with Gasteiger partial charge in [0.05, 0.1) is 11.9 Å². The Morgan fingerprint density at radius 1 is 1.12 bits per heavy atom. The first-order valence-electron chi connectivity index (χ1n) is 10.5. The second kappa shape index (κ2) is 7.84. The molecule has 0 atom stereocenters. The number of hydrogen-bond acceptors (Lipinski definition) is 7. The molecule has 0 fully saturated rings. The molecule has 4 aromatic rings. The van der Waals surface area contributed by atoms with Gasteiger partial charge in [0.1, 0.15) is 16.3 Å². The molecule has 0 aliphatic carbocycles. The van der Waals surface area contributed by atoms with Crippen molar-refractivity contribution in [2.75, 3.05) is 11.4 Å². The van der Waals surface area contributed by atoms with E-state index < -0.39 is 12.0 Å². The monoisotopic (exact) mass is 462 g/mol. The molecule has 168 valence electrons. The van der Waals surface area contributed by atoms with Gasteiger partial charge >= 0.3 is 6.18 Å². The van der Waals surface area contributed by atoms with Crippen LogP contribution in [-0.4, -0.2) is 41.5 Å². The fraction of sp³-hybridized carbons (Fsp3) is 0.450. The molecule has 0 spiro atoms. The van der Waals surface area contributed by atoms with Gasteiger partial charge in [0, 0.05) is 23.7 Å². The van der Waals surface area contributed by atoms with Gasteiger partial charge in [-0.25, -0.2) is 9.97 Å². The number of thiophene rings is 1. The Labute approximate surface area is 185 Å². The number of aromatic nitrogens is 7. The van der Waals surface area contributed by atoms with Crippen molar-refractivity contribution < 1.29 is 13.2 Å². The van der Waals surface area contributed by atoms with Gasteiger partial charge < -0.3 is 9.47 Å². The number of nitrogens with zero attached hydrogens (tertiary/aromatic N) is 7. The molecule has 5 rings (SSSR count). The van der Waals surface area contributed by atoms with E-state index in [4.69, 9.17) is 9.97 Å². The second-order valence-electron chi connectivity index (χ2n) is 7.70.